The van der Waals surface area contributed by atoms with E-state index in [0.717, 1.165) is 31.5 Å². The highest BCUT2D eigenvalue weighted by Crippen LogP contribution is 2.26. The van der Waals surface area contributed by atoms with Crippen LogP contribution in [0.25, 0.3) is 0 Å². The van der Waals surface area contributed by atoms with E-state index >= 15 is 0 Å². The maximum atomic E-state index is 12.0. The maximum Gasteiger partial charge on any atom is 0.335 e. The third-order valence-electron chi connectivity index (χ3n) is 3.49. The van der Waals surface area contributed by atoms with Gasteiger partial charge in [-0.2, -0.15) is 0 Å². The smallest absolute Gasteiger partial charge is 0.335 e. The van der Waals surface area contributed by atoms with Crippen molar-refractivity contribution in [3.63, 3.8) is 0 Å². The Morgan fingerprint density at radius 3 is 2.90 bits per heavy atom. The Morgan fingerprint density at radius 2 is 2.20 bits per heavy atom. The van der Waals surface area contributed by atoms with E-state index in [1.807, 2.05) is 11.0 Å². The van der Waals surface area contributed by atoms with Gasteiger partial charge in [-0.15, -0.1) is 0 Å². The lowest BCUT2D eigenvalue weighted by Crippen LogP contribution is -2.45. The van der Waals surface area contributed by atoms with Crippen LogP contribution in [-0.4, -0.2) is 36.2 Å². The fourth-order valence-electron chi connectivity index (χ4n) is 2.54. The minimum absolute atomic E-state index is 0.229. The fraction of sp³-hybridized carbons (Fsp3) is 0.467. The molecule has 1 aliphatic heterocycles. The first kappa shape index (κ1) is 14.4. The van der Waals surface area contributed by atoms with Gasteiger partial charge in [0.1, 0.15) is 6.04 Å². The van der Waals surface area contributed by atoms with Crippen LogP contribution in [0.1, 0.15) is 36.5 Å². The molecule has 1 N–H and O–H groups in total. The van der Waals surface area contributed by atoms with Crippen molar-refractivity contribution in [3.05, 3.63) is 29.8 Å². The first-order valence-electron chi connectivity index (χ1n) is 6.90. The topological polar surface area (TPSA) is 66.8 Å². The van der Waals surface area contributed by atoms with Gasteiger partial charge in [0.25, 0.3) is 0 Å². The first-order chi connectivity index (χ1) is 9.63. The van der Waals surface area contributed by atoms with Gasteiger partial charge in [0.15, 0.2) is 0 Å². The van der Waals surface area contributed by atoms with Gasteiger partial charge in [-0.1, -0.05) is 6.07 Å². The number of ether oxygens (including phenoxy) is 1. The van der Waals surface area contributed by atoms with Gasteiger partial charge in [-0.3, -0.25) is 0 Å². The van der Waals surface area contributed by atoms with Gasteiger partial charge < -0.3 is 14.7 Å². The molecule has 1 aliphatic rings. The van der Waals surface area contributed by atoms with Crippen molar-refractivity contribution < 1.29 is 19.4 Å². The number of rotatable bonds is 4. The van der Waals surface area contributed by atoms with Crippen LogP contribution in [-0.2, 0) is 9.53 Å². The summed E-state index contributed by atoms with van der Waals surface area (Å²) in [5.41, 5.74) is 0.998. The Hall–Kier alpha value is -2.04. The Balaban J connectivity index is 2.25. The Labute approximate surface area is 118 Å². The van der Waals surface area contributed by atoms with E-state index in [9.17, 15) is 9.59 Å². The summed E-state index contributed by atoms with van der Waals surface area (Å²) in [7, 11) is 0. The lowest BCUT2D eigenvalue weighted by molar-refractivity contribution is -0.145. The summed E-state index contributed by atoms with van der Waals surface area (Å²) in [4.78, 5) is 25.0. The zero-order chi connectivity index (χ0) is 14.5. The molecule has 0 saturated carbocycles. The van der Waals surface area contributed by atoms with Crippen molar-refractivity contribution in [1.29, 1.82) is 0 Å². The minimum atomic E-state index is -0.962. The summed E-state index contributed by atoms with van der Waals surface area (Å²) in [6.07, 6.45) is 2.72. The molecule has 1 aromatic rings. The number of carboxylic acid groups (broad SMARTS) is 1. The third kappa shape index (κ3) is 3.10. The number of anilines is 1. The normalized spacial score (nSPS) is 18.6. The van der Waals surface area contributed by atoms with E-state index in [2.05, 4.69) is 0 Å². The number of carboxylic acids is 1. The number of carbonyl (C=O) groups is 2. The maximum absolute atomic E-state index is 12.0. The molecule has 2 rings (SSSR count). The summed E-state index contributed by atoms with van der Waals surface area (Å²) in [5, 5.41) is 9.06. The predicted octanol–water partition coefficient (Wildman–Crippen LogP) is 2.31. The summed E-state index contributed by atoms with van der Waals surface area (Å²) < 4.78 is 5.11. The van der Waals surface area contributed by atoms with Crippen LogP contribution >= 0.6 is 0 Å². The molecule has 1 heterocycles. The molecule has 0 unspecified atom stereocenters. The number of nitrogens with zero attached hydrogens (tertiary/aromatic N) is 1. The minimum Gasteiger partial charge on any atom is -0.478 e. The molecule has 0 aromatic heterocycles. The van der Waals surface area contributed by atoms with Crippen LogP contribution < -0.4 is 4.90 Å². The number of aromatic carboxylic acids is 1. The molecule has 1 atom stereocenters. The van der Waals surface area contributed by atoms with Gasteiger partial charge in [-0.05, 0) is 44.4 Å². The number of esters is 1. The van der Waals surface area contributed by atoms with E-state index in [4.69, 9.17) is 9.84 Å². The molecule has 5 nitrogen and oxygen atoms in total. The average molecular weight is 277 g/mol. The van der Waals surface area contributed by atoms with Crippen molar-refractivity contribution in [2.45, 2.75) is 32.2 Å². The van der Waals surface area contributed by atoms with Crippen LogP contribution in [0.15, 0.2) is 24.3 Å². The standard InChI is InChI=1S/C15H19NO4/c1-2-20-15(19)13-8-3-4-9-16(13)12-7-5-6-11(10-12)14(17)18/h5-7,10,13H,2-4,8-9H2,1H3,(H,17,18)/t13-/m0/s1. The number of piperidine rings is 1. The molecule has 0 bridgehead atoms. The fourth-order valence-corrected chi connectivity index (χ4v) is 2.54. The summed E-state index contributed by atoms with van der Waals surface area (Å²) in [6.45, 7) is 2.89. The highest BCUT2D eigenvalue weighted by Gasteiger charge is 2.30. The predicted molar refractivity (Wildman–Crippen MR) is 75.0 cm³/mol. The first-order valence-corrected chi connectivity index (χ1v) is 6.90. The van der Waals surface area contributed by atoms with Gasteiger partial charge in [-0.25, -0.2) is 9.59 Å². The number of benzene rings is 1. The highest BCUT2D eigenvalue weighted by atomic mass is 16.5. The molecule has 1 aromatic carbocycles. The van der Waals surface area contributed by atoms with Gasteiger partial charge in [0.05, 0.1) is 12.2 Å². The summed E-state index contributed by atoms with van der Waals surface area (Å²) in [6, 6.07) is 6.39. The quantitative estimate of drug-likeness (QED) is 0.855. The molecule has 1 saturated heterocycles. The Bertz CT molecular complexity index is 500. The number of carbonyl (C=O) groups excluding carboxylic acids is 1. The van der Waals surface area contributed by atoms with E-state index in [-0.39, 0.29) is 17.6 Å². The van der Waals surface area contributed by atoms with E-state index in [1.54, 1.807) is 25.1 Å². The molecule has 0 spiro atoms. The van der Waals surface area contributed by atoms with Crippen LogP contribution in [0.5, 0.6) is 0 Å². The van der Waals surface area contributed by atoms with E-state index in [1.165, 1.54) is 0 Å². The van der Waals surface area contributed by atoms with Crippen molar-refractivity contribution >= 4 is 17.6 Å². The lowest BCUT2D eigenvalue weighted by atomic mass is 10.0. The molecular weight excluding hydrogens is 258 g/mol. The summed E-state index contributed by atoms with van der Waals surface area (Å²) in [5.74, 6) is -1.19. The molecule has 0 amide bonds. The van der Waals surface area contributed by atoms with Crippen molar-refractivity contribution in [2.24, 2.45) is 0 Å². The van der Waals surface area contributed by atoms with Crippen LogP contribution in [0, 0.1) is 0 Å². The second kappa shape index (κ2) is 6.41. The van der Waals surface area contributed by atoms with Gasteiger partial charge >= 0.3 is 11.9 Å². The zero-order valence-corrected chi connectivity index (χ0v) is 11.5. The zero-order valence-electron chi connectivity index (χ0n) is 11.5. The molecule has 20 heavy (non-hydrogen) atoms. The molecular formula is C15H19NO4. The highest BCUT2D eigenvalue weighted by molar-refractivity contribution is 5.89. The second-order valence-corrected chi connectivity index (χ2v) is 4.81. The SMILES string of the molecule is CCOC(=O)[C@@H]1CCCCN1c1cccc(C(=O)O)c1. The molecule has 0 aliphatic carbocycles. The van der Waals surface area contributed by atoms with E-state index < -0.39 is 5.97 Å². The third-order valence-corrected chi connectivity index (χ3v) is 3.49. The summed E-state index contributed by atoms with van der Waals surface area (Å²) >= 11 is 0. The lowest BCUT2D eigenvalue weighted by Gasteiger charge is -2.35. The molecule has 0 radical (unpaired) electrons. The molecule has 108 valence electrons. The van der Waals surface area contributed by atoms with E-state index in [0.29, 0.717) is 6.61 Å². The Kier molecular flexibility index (Phi) is 4.61. The van der Waals surface area contributed by atoms with Crippen molar-refractivity contribution in [2.75, 3.05) is 18.1 Å². The second-order valence-electron chi connectivity index (χ2n) is 4.81. The molecule has 1 fully saturated rings. The van der Waals surface area contributed by atoms with Gasteiger partial charge in [0, 0.05) is 12.2 Å². The number of hydrogen-bond donors (Lipinski definition) is 1. The van der Waals surface area contributed by atoms with Crippen LogP contribution in [0.2, 0.25) is 0 Å². The van der Waals surface area contributed by atoms with Crippen molar-refractivity contribution in [3.8, 4) is 0 Å². The van der Waals surface area contributed by atoms with Crippen LogP contribution in [0.4, 0.5) is 5.69 Å². The molecule has 5 heteroatoms. The van der Waals surface area contributed by atoms with Gasteiger partial charge in [0.2, 0.25) is 0 Å². The van der Waals surface area contributed by atoms with Crippen LogP contribution in [0.3, 0.4) is 0 Å². The van der Waals surface area contributed by atoms with Crippen molar-refractivity contribution in [1.82, 2.24) is 0 Å². The average Bonchev–Trinajstić information content (AvgIpc) is 2.47. The Morgan fingerprint density at radius 1 is 1.40 bits per heavy atom. The number of hydrogen-bond acceptors (Lipinski definition) is 4. The largest absolute Gasteiger partial charge is 0.478 e. The monoisotopic (exact) mass is 277 g/mol.